The van der Waals surface area contributed by atoms with Crippen LogP contribution < -0.4 is 0 Å². The van der Waals surface area contributed by atoms with Crippen molar-refractivity contribution < 1.29 is 0 Å². The fourth-order valence-electron chi connectivity index (χ4n) is 8.27. The Balaban J connectivity index is 1.02. The lowest BCUT2D eigenvalue weighted by Crippen LogP contribution is -2.00. The SMILES string of the molecule is c1ccc(-c2ccc(-c3nc(-c4ccc(-c5ccccc5)cc4)nc(-c4cccc(-c5cccc(-c6nc7ccccc7c7ccc8ccccc8c67)c5)c4)n3)cc2)cc1. The Hall–Kier alpha value is -8.08. The van der Waals surface area contributed by atoms with Crippen LogP contribution in [0.25, 0.3) is 111 Å². The second-order valence-electron chi connectivity index (χ2n) is 15.0. The number of hydrogen-bond acceptors (Lipinski definition) is 4. The smallest absolute Gasteiger partial charge is 0.164 e. The van der Waals surface area contributed by atoms with Crippen LogP contribution in [0.2, 0.25) is 0 Å². The first-order valence-electron chi connectivity index (χ1n) is 20.2. The molecule has 0 saturated carbocycles. The lowest BCUT2D eigenvalue weighted by Gasteiger charge is -2.14. The van der Waals surface area contributed by atoms with Gasteiger partial charge in [0, 0.05) is 33.0 Å². The molecule has 2 aromatic heterocycles. The Kier molecular flexibility index (Phi) is 8.79. The van der Waals surface area contributed by atoms with Gasteiger partial charge in [0.25, 0.3) is 0 Å². The summed E-state index contributed by atoms with van der Waals surface area (Å²) in [7, 11) is 0. The van der Waals surface area contributed by atoms with Crippen LogP contribution in [0.3, 0.4) is 0 Å². The van der Waals surface area contributed by atoms with E-state index in [-0.39, 0.29) is 0 Å². The first-order chi connectivity index (χ1) is 29.7. The summed E-state index contributed by atoms with van der Waals surface area (Å²) in [6, 6.07) is 76.4. The van der Waals surface area contributed by atoms with Gasteiger partial charge in [-0.05, 0) is 67.7 Å². The number of aromatic nitrogens is 4. The fraction of sp³-hybridized carbons (Fsp3) is 0. The molecule has 0 aliphatic rings. The molecule has 11 aromatic rings. The van der Waals surface area contributed by atoms with Crippen molar-refractivity contribution in [3.8, 4) is 78.8 Å². The van der Waals surface area contributed by atoms with Crippen molar-refractivity contribution in [1.82, 2.24) is 19.9 Å². The molecule has 0 fully saturated rings. The third-order valence-electron chi connectivity index (χ3n) is 11.3. The van der Waals surface area contributed by atoms with Crippen LogP contribution >= 0.6 is 0 Å². The minimum atomic E-state index is 0.612. The van der Waals surface area contributed by atoms with Gasteiger partial charge in [-0.2, -0.15) is 0 Å². The zero-order valence-corrected chi connectivity index (χ0v) is 32.6. The Labute approximate surface area is 348 Å². The van der Waals surface area contributed by atoms with E-state index in [2.05, 4.69) is 206 Å². The van der Waals surface area contributed by atoms with Crippen LogP contribution in [-0.2, 0) is 0 Å². The molecule has 11 rings (SSSR count). The average molecular weight is 765 g/mol. The lowest BCUT2D eigenvalue weighted by atomic mass is 9.93. The number of fused-ring (bicyclic) bond motifs is 5. The fourth-order valence-corrected chi connectivity index (χ4v) is 8.27. The summed E-state index contributed by atoms with van der Waals surface area (Å²) in [6.45, 7) is 0. The normalized spacial score (nSPS) is 11.3. The summed E-state index contributed by atoms with van der Waals surface area (Å²) in [5.74, 6) is 1.85. The Morgan fingerprint density at radius 2 is 0.667 bits per heavy atom. The van der Waals surface area contributed by atoms with Crippen molar-refractivity contribution >= 4 is 32.4 Å². The summed E-state index contributed by atoms with van der Waals surface area (Å²) in [4.78, 5) is 20.6. The molecule has 9 aromatic carbocycles. The molecule has 2 heterocycles. The van der Waals surface area contributed by atoms with Gasteiger partial charge in [-0.25, -0.2) is 19.9 Å². The van der Waals surface area contributed by atoms with Crippen LogP contribution in [-0.4, -0.2) is 19.9 Å². The largest absolute Gasteiger partial charge is 0.247 e. The highest BCUT2D eigenvalue weighted by Gasteiger charge is 2.16. The van der Waals surface area contributed by atoms with E-state index in [1.165, 1.54) is 27.3 Å². The molecule has 0 atom stereocenters. The summed E-state index contributed by atoms with van der Waals surface area (Å²) in [6.07, 6.45) is 0. The zero-order chi connectivity index (χ0) is 39.8. The van der Waals surface area contributed by atoms with E-state index in [0.717, 1.165) is 66.5 Å². The van der Waals surface area contributed by atoms with Crippen LogP contribution in [0.15, 0.2) is 218 Å². The van der Waals surface area contributed by atoms with E-state index >= 15 is 0 Å². The van der Waals surface area contributed by atoms with E-state index in [1.54, 1.807) is 0 Å². The van der Waals surface area contributed by atoms with Gasteiger partial charge >= 0.3 is 0 Å². The summed E-state index contributed by atoms with van der Waals surface area (Å²) in [5.41, 5.74) is 12.5. The quantitative estimate of drug-likeness (QED) is 0.152. The van der Waals surface area contributed by atoms with E-state index in [0.29, 0.717) is 17.5 Å². The van der Waals surface area contributed by atoms with Gasteiger partial charge in [0.15, 0.2) is 17.5 Å². The molecule has 4 nitrogen and oxygen atoms in total. The highest BCUT2D eigenvalue weighted by Crippen LogP contribution is 2.39. The van der Waals surface area contributed by atoms with E-state index < -0.39 is 0 Å². The van der Waals surface area contributed by atoms with Crippen molar-refractivity contribution in [2.75, 3.05) is 0 Å². The standard InChI is InChI=1S/C56H36N4/c1-3-13-37(14-4-1)39-25-29-42(30-26-39)54-58-55(43-31-27-40(28-32-43)38-15-5-2-6-16-38)60-56(59-54)47-21-12-19-45(36-47)44-18-11-20-46(35-44)53-52-48-22-8-7-17-41(48)33-34-50(52)49-23-9-10-24-51(49)57-53/h1-36H. The average Bonchev–Trinajstić information content (AvgIpc) is 3.34. The van der Waals surface area contributed by atoms with E-state index in [9.17, 15) is 0 Å². The molecule has 0 aliphatic carbocycles. The number of rotatable bonds is 7. The molecule has 0 radical (unpaired) electrons. The van der Waals surface area contributed by atoms with Gasteiger partial charge in [0.05, 0.1) is 11.2 Å². The number of benzene rings is 9. The maximum Gasteiger partial charge on any atom is 0.164 e. The molecular formula is C56H36N4. The Bertz CT molecular complexity index is 3240. The lowest BCUT2D eigenvalue weighted by molar-refractivity contribution is 1.07. The Morgan fingerprint density at radius 3 is 1.28 bits per heavy atom. The maximum atomic E-state index is 5.32. The monoisotopic (exact) mass is 764 g/mol. The summed E-state index contributed by atoms with van der Waals surface area (Å²) in [5, 5.41) is 5.91. The number of hydrogen-bond donors (Lipinski definition) is 0. The zero-order valence-electron chi connectivity index (χ0n) is 32.6. The minimum Gasteiger partial charge on any atom is -0.247 e. The first-order valence-corrected chi connectivity index (χ1v) is 20.2. The van der Waals surface area contributed by atoms with Gasteiger partial charge < -0.3 is 0 Å². The summed E-state index contributed by atoms with van der Waals surface area (Å²) >= 11 is 0. The van der Waals surface area contributed by atoms with E-state index in [4.69, 9.17) is 19.9 Å². The van der Waals surface area contributed by atoms with Crippen molar-refractivity contribution in [1.29, 1.82) is 0 Å². The van der Waals surface area contributed by atoms with Crippen molar-refractivity contribution in [2.45, 2.75) is 0 Å². The molecule has 0 amide bonds. The van der Waals surface area contributed by atoms with Crippen molar-refractivity contribution in [3.05, 3.63) is 218 Å². The molecule has 0 saturated heterocycles. The van der Waals surface area contributed by atoms with Gasteiger partial charge in [0.1, 0.15) is 0 Å². The maximum absolute atomic E-state index is 5.32. The molecule has 0 unspecified atom stereocenters. The molecule has 280 valence electrons. The first kappa shape index (κ1) is 35.1. The van der Waals surface area contributed by atoms with Gasteiger partial charge in [-0.1, -0.05) is 200 Å². The predicted octanol–water partition coefficient (Wildman–Crippen LogP) is 14.4. The number of nitrogens with zero attached hydrogens (tertiary/aromatic N) is 4. The van der Waals surface area contributed by atoms with Crippen LogP contribution in [0.1, 0.15) is 0 Å². The van der Waals surface area contributed by atoms with Crippen LogP contribution in [0.5, 0.6) is 0 Å². The highest BCUT2D eigenvalue weighted by atomic mass is 15.0. The molecule has 0 spiro atoms. The molecule has 0 N–H and O–H groups in total. The van der Waals surface area contributed by atoms with Crippen molar-refractivity contribution in [3.63, 3.8) is 0 Å². The van der Waals surface area contributed by atoms with Gasteiger partial charge in [-0.3, -0.25) is 0 Å². The Morgan fingerprint density at radius 1 is 0.233 bits per heavy atom. The second kappa shape index (κ2) is 15.0. The minimum absolute atomic E-state index is 0.612. The predicted molar refractivity (Wildman–Crippen MR) is 248 cm³/mol. The summed E-state index contributed by atoms with van der Waals surface area (Å²) < 4.78 is 0. The second-order valence-corrected chi connectivity index (χ2v) is 15.0. The third-order valence-corrected chi connectivity index (χ3v) is 11.3. The molecule has 0 bridgehead atoms. The van der Waals surface area contributed by atoms with Crippen molar-refractivity contribution in [2.24, 2.45) is 0 Å². The van der Waals surface area contributed by atoms with Crippen LogP contribution in [0.4, 0.5) is 0 Å². The van der Waals surface area contributed by atoms with Crippen LogP contribution in [0, 0.1) is 0 Å². The molecular weight excluding hydrogens is 729 g/mol. The highest BCUT2D eigenvalue weighted by molar-refractivity contribution is 6.21. The molecule has 60 heavy (non-hydrogen) atoms. The molecule has 4 heteroatoms. The van der Waals surface area contributed by atoms with E-state index in [1.807, 2.05) is 12.1 Å². The molecule has 0 aliphatic heterocycles. The topological polar surface area (TPSA) is 51.6 Å². The number of para-hydroxylation sites is 1. The van der Waals surface area contributed by atoms with Gasteiger partial charge in [-0.15, -0.1) is 0 Å². The van der Waals surface area contributed by atoms with Gasteiger partial charge in [0.2, 0.25) is 0 Å². The third kappa shape index (κ3) is 6.56. The number of pyridine rings is 1.